The van der Waals surface area contributed by atoms with Crippen molar-refractivity contribution in [2.45, 2.75) is 5.92 Å². The summed E-state index contributed by atoms with van der Waals surface area (Å²) < 4.78 is 1.99. The lowest BCUT2D eigenvalue weighted by atomic mass is 10.0. The van der Waals surface area contributed by atoms with Crippen LogP contribution >= 0.6 is 0 Å². The molecule has 1 aromatic heterocycles. The van der Waals surface area contributed by atoms with Gasteiger partial charge in [-0.25, -0.2) is 4.98 Å². The maximum Gasteiger partial charge on any atom is 0.0946 e. The van der Waals surface area contributed by atoms with Crippen molar-refractivity contribution >= 4 is 0 Å². The third-order valence-corrected chi connectivity index (χ3v) is 1.92. The summed E-state index contributed by atoms with van der Waals surface area (Å²) in [6.45, 7) is 2.19. The Labute approximate surface area is 60.1 Å². The lowest BCUT2D eigenvalue weighted by molar-refractivity contribution is 0.441. The number of hydrogen-bond acceptors (Lipinski definition) is 2. The normalized spacial score (nSPS) is 18.9. The molecule has 10 heavy (non-hydrogen) atoms. The highest BCUT2D eigenvalue weighted by atomic mass is 15.0. The van der Waals surface area contributed by atoms with E-state index in [0.717, 1.165) is 13.1 Å². The summed E-state index contributed by atoms with van der Waals surface area (Å²) >= 11 is 0. The minimum Gasteiger partial charge on any atom is -0.340 e. The fourth-order valence-electron chi connectivity index (χ4n) is 1.14. The van der Waals surface area contributed by atoms with Crippen molar-refractivity contribution < 1.29 is 0 Å². The Bertz CT molecular complexity index is 225. The van der Waals surface area contributed by atoms with Gasteiger partial charge >= 0.3 is 0 Å². The molecule has 1 aliphatic rings. The van der Waals surface area contributed by atoms with Crippen LogP contribution in [0.15, 0.2) is 12.5 Å². The molecule has 1 fully saturated rings. The topological polar surface area (TPSA) is 29.9 Å². The van der Waals surface area contributed by atoms with E-state index in [1.54, 1.807) is 0 Å². The van der Waals surface area contributed by atoms with Crippen molar-refractivity contribution in [1.29, 1.82) is 0 Å². The van der Waals surface area contributed by atoms with Crippen molar-refractivity contribution in [3.63, 3.8) is 0 Å². The SMILES string of the molecule is Cn1cnc(C2CNC2)c1. The Hall–Kier alpha value is -0.830. The van der Waals surface area contributed by atoms with Gasteiger partial charge in [0.15, 0.2) is 0 Å². The number of aryl methyl sites for hydroxylation is 1. The largest absolute Gasteiger partial charge is 0.340 e. The average Bonchev–Trinajstić information content (AvgIpc) is 2.10. The van der Waals surface area contributed by atoms with Crippen LogP contribution in [0.2, 0.25) is 0 Å². The first-order valence-electron chi connectivity index (χ1n) is 3.55. The van der Waals surface area contributed by atoms with Gasteiger partial charge < -0.3 is 9.88 Å². The number of rotatable bonds is 1. The van der Waals surface area contributed by atoms with E-state index in [0.29, 0.717) is 5.92 Å². The van der Waals surface area contributed by atoms with Crippen molar-refractivity contribution in [1.82, 2.24) is 14.9 Å². The molecule has 0 atom stereocenters. The molecule has 3 nitrogen and oxygen atoms in total. The molecule has 0 spiro atoms. The van der Waals surface area contributed by atoms with Crippen molar-refractivity contribution in [3.05, 3.63) is 18.2 Å². The van der Waals surface area contributed by atoms with E-state index in [2.05, 4.69) is 16.5 Å². The third kappa shape index (κ3) is 0.827. The summed E-state index contributed by atoms with van der Waals surface area (Å²) in [4.78, 5) is 4.26. The first-order chi connectivity index (χ1) is 4.86. The van der Waals surface area contributed by atoms with Gasteiger partial charge in [0.1, 0.15) is 0 Å². The Morgan fingerprint density at radius 2 is 2.50 bits per heavy atom. The molecule has 54 valence electrons. The summed E-state index contributed by atoms with van der Waals surface area (Å²) in [5.41, 5.74) is 1.22. The Kier molecular flexibility index (Phi) is 1.24. The summed E-state index contributed by atoms with van der Waals surface area (Å²) in [5.74, 6) is 0.668. The zero-order valence-electron chi connectivity index (χ0n) is 6.04. The highest BCUT2D eigenvalue weighted by molar-refractivity contribution is 5.09. The molecule has 0 unspecified atom stereocenters. The Morgan fingerprint density at radius 3 is 2.90 bits per heavy atom. The Balaban J connectivity index is 2.17. The monoisotopic (exact) mass is 137 g/mol. The average molecular weight is 137 g/mol. The molecule has 0 saturated carbocycles. The minimum absolute atomic E-state index is 0.668. The van der Waals surface area contributed by atoms with E-state index in [1.165, 1.54) is 5.69 Å². The maximum absolute atomic E-state index is 4.26. The number of hydrogen-bond donors (Lipinski definition) is 1. The first kappa shape index (κ1) is 5.92. The van der Waals surface area contributed by atoms with Crippen molar-refractivity contribution in [2.24, 2.45) is 7.05 Å². The van der Waals surface area contributed by atoms with Gasteiger partial charge in [-0.3, -0.25) is 0 Å². The van der Waals surface area contributed by atoms with Crippen LogP contribution in [-0.2, 0) is 7.05 Å². The molecule has 0 aliphatic carbocycles. The molecular weight excluding hydrogens is 126 g/mol. The summed E-state index contributed by atoms with van der Waals surface area (Å²) in [6.07, 6.45) is 3.94. The van der Waals surface area contributed by atoms with E-state index in [-0.39, 0.29) is 0 Å². The highest BCUT2D eigenvalue weighted by Crippen LogP contribution is 2.16. The van der Waals surface area contributed by atoms with Crippen LogP contribution in [0, 0.1) is 0 Å². The molecule has 1 N–H and O–H groups in total. The summed E-state index contributed by atoms with van der Waals surface area (Å²) in [5, 5.41) is 3.22. The van der Waals surface area contributed by atoms with Crippen LogP contribution in [0.25, 0.3) is 0 Å². The zero-order chi connectivity index (χ0) is 6.97. The Morgan fingerprint density at radius 1 is 1.70 bits per heavy atom. The summed E-state index contributed by atoms with van der Waals surface area (Å²) in [7, 11) is 2.00. The fraction of sp³-hybridized carbons (Fsp3) is 0.571. The lowest BCUT2D eigenvalue weighted by Crippen LogP contribution is -2.40. The van der Waals surface area contributed by atoms with Crippen molar-refractivity contribution in [2.75, 3.05) is 13.1 Å². The van der Waals surface area contributed by atoms with Crippen LogP contribution in [-0.4, -0.2) is 22.6 Å². The number of aromatic nitrogens is 2. The molecule has 2 heterocycles. The molecule has 0 aromatic carbocycles. The highest BCUT2D eigenvalue weighted by Gasteiger charge is 2.20. The predicted octanol–water partition coefficient (Wildman–Crippen LogP) is 0.107. The van der Waals surface area contributed by atoms with Crippen LogP contribution in [0.3, 0.4) is 0 Å². The first-order valence-corrected chi connectivity index (χ1v) is 3.55. The van der Waals surface area contributed by atoms with E-state index in [4.69, 9.17) is 0 Å². The molecule has 1 aromatic rings. The van der Waals surface area contributed by atoms with Crippen LogP contribution in [0.5, 0.6) is 0 Å². The predicted molar refractivity (Wildman–Crippen MR) is 38.8 cm³/mol. The van der Waals surface area contributed by atoms with Crippen LogP contribution < -0.4 is 5.32 Å². The smallest absolute Gasteiger partial charge is 0.0946 e. The second-order valence-electron chi connectivity index (χ2n) is 2.82. The lowest BCUT2D eigenvalue weighted by Gasteiger charge is -2.24. The van der Waals surface area contributed by atoms with Gasteiger partial charge in [-0.2, -0.15) is 0 Å². The quantitative estimate of drug-likeness (QED) is 0.595. The van der Waals surface area contributed by atoms with Gasteiger partial charge in [-0.15, -0.1) is 0 Å². The van der Waals surface area contributed by atoms with Gasteiger partial charge in [-0.05, 0) is 0 Å². The number of imidazole rings is 1. The number of nitrogens with zero attached hydrogens (tertiary/aromatic N) is 2. The molecule has 0 amide bonds. The van der Waals surface area contributed by atoms with Crippen LogP contribution in [0.1, 0.15) is 11.6 Å². The van der Waals surface area contributed by atoms with Gasteiger partial charge in [0.2, 0.25) is 0 Å². The molecule has 1 saturated heterocycles. The second-order valence-corrected chi connectivity index (χ2v) is 2.82. The standard InChI is InChI=1S/C7H11N3/c1-10-4-7(9-5-10)6-2-8-3-6/h4-6,8H,2-3H2,1H3. The van der Waals surface area contributed by atoms with Gasteiger partial charge in [0.05, 0.1) is 12.0 Å². The van der Waals surface area contributed by atoms with Gasteiger partial charge in [0.25, 0.3) is 0 Å². The molecule has 0 bridgehead atoms. The van der Waals surface area contributed by atoms with E-state index in [9.17, 15) is 0 Å². The fourth-order valence-corrected chi connectivity index (χ4v) is 1.14. The molecule has 1 aliphatic heterocycles. The van der Waals surface area contributed by atoms with Gasteiger partial charge in [0, 0.05) is 32.3 Å². The van der Waals surface area contributed by atoms with Crippen molar-refractivity contribution in [3.8, 4) is 0 Å². The molecule has 3 heteroatoms. The number of nitrogens with one attached hydrogen (secondary N) is 1. The van der Waals surface area contributed by atoms with E-state index >= 15 is 0 Å². The second kappa shape index (κ2) is 2.09. The third-order valence-electron chi connectivity index (χ3n) is 1.92. The molecule has 0 radical (unpaired) electrons. The van der Waals surface area contributed by atoms with Crippen LogP contribution in [0.4, 0.5) is 0 Å². The van der Waals surface area contributed by atoms with E-state index in [1.807, 2.05) is 17.9 Å². The van der Waals surface area contributed by atoms with E-state index < -0.39 is 0 Å². The van der Waals surface area contributed by atoms with Gasteiger partial charge in [-0.1, -0.05) is 0 Å². The zero-order valence-corrected chi connectivity index (χ0v) is 6.04. The molecular formula is C7H11N3. The minimum atomic E-state index is 0.668. The molecule has 2 rings (SSSR count). The summed E-state index contributed by atoms with van der Waals surface area (Å²) in [6, 6.07) is 0. The maximum atomic E-state index is 4.26.